The zero-order chi connectivity index (χ0) is 34.9. The number of hydrogen-bond donors (Lipinski definition) is 2. The van der Waals surface area contributed by atoms with Gasteiger partial charge in [-0.2, -0.15) is 0 Å². The molecular weight excluding hydrogens is 604 g/mol. The van der Waals surface area contributed by atoms with Gasteiger partial charge in [0.2, 0.25) is 0 Å². The molecule has 0 saturated carbocycles. The molecule has 10 atom stereocenters. The summed E-state index contributed by atoms with van der Waals surface area (Å²) < 4.78 is 23.2. The molecule has 3 heterocycles. The number of carbonyl (C=O) groups excluding carboxylic acids is 3. The van der Waals surface area contributed by atoms with Gasteiger partial charge in [-0.25, -0.2) is 4.79 Å². The Morgan fingerprint density at radius 3 is 2.47 bits per heavy atom. The second-order valence-electron chi connectivity index (χ2n) is 14.1. The van der Waals surface area contributed by atoms with Crippen LogP contribution in [0.15, 0.2) is 36.0 Å². The molecule has 3 aliphatic heterocycles. The van der Waals surface area contributed by atoms with Crippen LogP contribution in [0.2, 0.25) is 0 Å². The molecule has 0 aliphatic carbocycles. The van der Waals surface area contributed by atoms with E-state index in [4.69, 9.17) is 18.9 Å². The molecule has 0 radical (unpaired) electrons. The fourth-order valence-corrected chi connectivity index (χ4v) is 6.26. The summed E-state index contributed by atoms with van der Waals surface area (Å²) in [5.41, 5.74) is -0.669. The molecule has 47 heavy (non-hydrogen) atoms. The van der Waals surface area contributed by atoms with Crippen LogP contribution >= 0.6 is 0 Å². The van der Waals surface area contributed by atoms with E-state index in [2.05, 4.69) is 17.9 Å². The first-order valence-corrected chi connectivity index (χ1v) is 17.2. The van der Waals surface area contributed by atoms with Gasteiger partial charge in [-0.1, -0.05) is 52.0 Å². The van der Waals surface area contributed by atoms with Gasteiger partial charge in [0.15, 0.2) is 0 Å². The molecular formula is C36H58N2O9. The van der Waals surface area contributed by atoms with E-state index in [1.807, 2.05) is 46.9 Å². The van der Waals surface area contributed by atoms with E-state index >= 15 is 0 Å². The van der Waals surface area contributed by atoms with Gasteiger partial charge in [0.05, 0.1) is 24.7 Å². The number of likely N-dealkylation sites (N-methyl/N-ethyl adjacent to an activating group) is 1. The number of aliphatic hydroxyl groups excluding tert-OH is 1. The number of allylic oxidation sites excluding steroid dienone is 3. The van der Waals surface area contributed by atoms with Crippen LogP contribution in [0, 0.1) is 17.8 Å². The lowest BCUT2D eigenvalue weighted by molar-refractivity contribution is -0.157. The maximum absolute atomic E-state index is 13.3. The first-order chi connectivity index (χ1) is 22.1. The zero-order valence-corrected chi connectivity index (χ0v) is 29.6. The van der Waals surface area contributed by atoms with Gasteiger partial charge in [-0.05, 0) is 64.1 Å². The molecule has 0 bridgehead atoms. The molecule has 0 aromatic carbocycles. The van der Waals surface area contributed by atoms with Gasteiger partial charge in [0.25, 0.3) is 0 Å². The van der Waals surface area contributed by atoms with Crippen molar-refractivity contribution in [3.8, 4) is 0 Å². The summed E-state index contributed by atoms with van der Waals surface area (Å²) in [5.74, 6) is -1.03. The molecule has 3 aliphatic rings. The molecule has 11 nitrogen and oxygen atoms in total. The first kappa shape index (κ1) is 38.7. The molecule has 3 rings (SSSR count). The second kappa shape index (κ2) is 17.6. The summed E-state index contributed by atoms with van der Waals surface area (Å²) in [6, 6.07) is 0. The minimum absolute atomic E-state index is 0.0857. The van der Waals surface area contributed by atoms with E-state index in [0.29, 0.717) is 19.5 Å². The van der Waals surface area contributed by atoms with Gasteiger partial charge in [0.1, 0.15) is 23.9 Å². The summed E-state index contributed by atoms with van der Waals surface area (Å²) in [4.78, 5) is 42.1. The van der Waals surface area contributed by atoms with Crippen molar-refractivity contribution < 1.29 is 43.5 Å². The number of hydrogen-bond acceptors (Lipinski definition) is 10. The number of carbonyl (C=O) groups is 3. The third-order valence-electron chi connectivity index (χ3n) is 9.64. The third kappa shape index (κ3) is 12.0. The number of cyclic esters (lactones) is 1. The Morgan fingerprint density at radius 2 is 1.83 bits per heavy atom. The van der Waals surface area contributed by atoms with Crippen LogP contribution in [-0.2, 0) is 28.5 Å². The SMILES string of the molecule is CCC(O)C(C)C1OC1CC(C)/C=C/C=C(\C)C1OC(=O)CC(OC(=O)N2CCN(C)CC2)CCC(C)(O)C(OC(C)=O)/C=C/C1C. The van der Waals surface area contributed by atoms with E-state index < -0.39 is 41.9 Å². The smallest absolute Gasteiger partial charge is 0.410 e. The number of nitrogens with zero attached hydrogens (tertiary/aromatic N) is 2. The maximum atomic E-state index is 13.3. The first-order valence-electron chi connectivity index (χ1n) is 17.2. The average molecular weight is 663 g/mol. The number of amides is 1. The molecule has 10 unspecified atom stereocenters. The molecule has 2 fully saturated rings. The highest BCUT2D eigenvalue weighted by Crippen LogP contribution is 2.36. The van der Waals surface area contributed by atoms with Crippen molar-refractivity contribution in [2.75, 3.05) is 33.2 Å². The Bertz CT molecular complexity index is 1140. The maximum Gasteiger partial charge on any atom is 0.410 e. The Balaban J connectivity index is 1.76. The zero-order valence-electron chi connectivity index (χ0n) is 29.6. The normalized spacial score (nSPS) is 34.0. The van der Waals surface area contributed by atoms with Crippen molar-refractivity contribution in [2.45, 2.75) is 123 Å². The van der Waals surface area contributed by atoms with Gasteiger partial charge < -0.3 is 39.0 Å². The van der Waals surface area contributed by atoms with Gasteiger partial charge in [-0.3, -0.25) is 9.59 Å². The fourth-order valence-electron chi connectivity index (χ4n) is 6.26. The number of aliphatic hydroxyl groups is 2. The van der Waals surface area contributed by atoms with Gasteiger partial charge in [-0.15, -0.1) is 0 Å². The van der Waals surface area contributed by atoms with Gasteiger partial charge in [0, 0.05) is 44.9 Å². The predicted octanol–water partition coefficient (Wildman–Crippen LogP) is 4.41. The van der Waals surface area contributed by atoms with Crippen LogP contribution in [0.3, 0.4) is 0 Å². The van der Waals surface area contributed by atoms with Crippen LogP contribution < -0.4 is 0 Å². The largest absolute Gasteiger partial charge is 0.457 e. The van der Waals surface area contributed by atoms with Crippen molar-refractivity contribution in [1.82, 2.24) is 9.80 Å². The third-order valence-corrected chi connectivity index (χ3v) is 9.64. The molecule has 266 valence electrons. The molecule has 11 heteroatoms. The number of epoxide rings is 1. The lowest BCUT2D eigenvalue weighted by atomic mass is 9.88. The molecule has 0 aromatic rings. The topological polar surface area (TPSA) is 138 Å². The highest BCUT2D eigenvalue weighted by Gasteiger charge is 2.45. The fraction of sp³-hybridized carbons (Fsp3) is 0.750. The Morgan fingerprint density at radius 1 is 1.15 bits per heavy atom. The predicted molar refractivity (Wildman–Crippen MR) is 178 cm³/mol. The van der Waals surface area contributed by atoms with Crippen molar-refractivity contribution in [3.63, 3.8) is 0 Å². The standard InChI is InChI=1S/C36H58N2O9/c1-9-29(40)26(5)34-30(46-34)21-23(2)11-10-12-24(3)33-25(4)13-14-31(44-27(6)39)36(7,43)16-15-28(22-32(41)47-33)45-35(42)38-19-17-37(8)18-20-38/h10-14,23,25-26,28-31,33-34,40,43H,9,15-22H2,1-8H3/b11-10+,14-13+,24-12+. The van der Waals surface area contributed by atoms with Gasteiger partial charge >= 0.3 is 18.0 Å². The molecule has 0 spiro atoms. The summed E-state index contributed by atoms with van der Waals surface area (Å²) in [6.07, 6.45) is 7.99. The lowest BCUT2D eigenvalue weighted by Crippen LogP contribution is -2.48. The van der Waals surface area contributed by atoms with Crippen LogP contribution in [0.4, 0.5) is 4.79 Å². The Labute approximate surface area is 280 Å². The summed E-state index contributed by atoms with van der Waals surface area (Å²) in [6.45, 7) is 15.3. The van der Waals surface area contributed by atoms with E-state index in [9.17, 15) is 24.6 Å². The highest BCUT2D eigenvalue weighted by atomic mass is 16.6. The highest BCUT2D eigenvalue weighted by molar-refractivity contribution is 5.72. The van der Waals surface area contributed by atoms with Crippen molar-refractivity contribution in [3.05, 3.63) is 36.0 Å². The van der Waals surface area contributed by atoms with Crippen molar-refractivity contribution in [1.29, 1.82) is 0 Å². The van der Waals surface area contributed by atoms with E-state index in [0.717, 1.165) is 25.1 Å². The summed E-state index contributed by atoms with van der Waals surface area (Å²) >= 11 is 0. The second-order valence-corrected chi connectivity index (χ2v) is 14.1. The number of esters is 2. The minimum atomic E-state index is -1.47. The minimum Gasteiger partial charge on any atom is -0.457 e. The molecule has 2 saturated heterocycles. The van der Waals surface area contributed by atoms with Crippen molar-refractivity contribution in [2.24, 2.45) is 17.8 Å². The lowest BCUT2D eigenvalue weighted by Gasteiger charge is -2.35. The van der Waals surface area contributed by atoms with E-state index in [1.165, 1.54) is 6.92 Å². The van der Waals surface area contributed by atoms with Crippen LogP contribution in [-0.4, -0.2) is 113 Å². The van der Waals surface area contributed by atoms with Crippen LogP contribution in [0.25, 0.3) is 0 Å². The summed E-state index contributed by atoms with van der Waals surface area (Å²) in [7, 11) is 1.99. The molecule has 1 amide bonds. The van der Waals surface area contributed by atoms with Crippen molar-refractivity contribution >= 4 is 18.0 Å². The number of piperazine rings is 1. The monoisotopic (exact) mass is 662 g/mol. The Kier molecular flexibility index (Phi) is 14.5. The number of rotatable bonds is 10. The number of ether oxygens (including phenoxy) is 4. The average Bonchev–Trinajstić information content (AvgIpc) is 3.77. The van der Waals surface area contributed by atoms with E-state index in [-0.39, 0.29) is 55.3 Å². The summed E-state index contributed by atoms with van der Waals surface area (Å²) in [5, 5.41) is 21.5. The van der Waals surface area contributed by atoms with Crippen LogP contribution in [0.1, 0.15) is 80.6 Å². The molecule has 2 N–H and O–H groups in total. The Hall–Kier alpha value is -2.73. The molecule has 0 aromatic heterocycles. The van der Waals surface area contributed by atoms with E-state index in [1.54, 1.807) is 24.0 Å². The van der Waals surface area contributed by atoms with Crippen LogP contribution in [0.5, 0.6) is 0 Å². The quantitative estimate of drug-likeness (QED) is 0.114.